The number of fused-ring (bicyclic) bond motifs is 1. The predicted molar refractivity (Wildman–Crippen MR) is 146 cm³/mol. The van der Waals surface area contributed by atoms with Crippen molar-refractivity contribution < 1.29 is 22.7 Å². The smallest absolute Gasteiger partial charge is 0.389 e. The molecule has 8 nitrogen and oxygen atoms in total. The fourth-order valence-electron chi connectivity index (χ4n) is 4.69. The van der Waals surface area contributed by atoms with Crippen molar-refractivity contribution in [2.75, 3.05) is 17.2 Å². The number of urea groups is 1. The molecular weight excluding hydrogens is 521 g/mol. The summed E-state index contributed by atoms with van der Waals surface area (Å²) >= 11 is 0. The molecule has 4 aromatic rings. The second kappa shape index (κ2) is 11.6. The minimum absolute atomic E-state index is 0.157. The van der Waals surface area contributed by atoms with Crippen LogP contribution in [0, 0.1) is 0 Å². The monoisotopic (exact) mass is 548 g/mol. The number of halogens is 3. The van der Waals surface area contributed by atoms with Gasteiger partial charge in [0.15, 0.2) is 5.82 Å². The van der Waals surface area contributed by atoms with Gasteiger partial charge in [-0.3, -0.25) is 0 Å². The summed E-state index contributed by atoms with van der Waals surface area (Å²) in [5, 5.41) is 19.8. The summed E-state index contributed by atoms with van der Waals surface area (Å²) < 4.78 is 45.6. The maximum absolute atomic E-state index is 13.2. The molecule has 11 heteroatoms. The van der Waals surface area contributed by atoms with E-state index in [-0.39, 0.29) is 13.0 Å². The predicted octanol–water partition coefficient (Wildman–Crippen LogP) is 7.11. The number of H-pyrrole nitrogens is 1. The molecule has 5 rings (SSSR count). The van der Waals surface area contributed by atoms with Gasteiger partial charge in [0, 0.05) is 29.2 Å². The lowest BCUT2D eigenvalue weighted by Crippen LogP contribution is -2.20. The van der Waals surface area contributed by atoms with E-state index >= 15 is 0 Å². The van der Waals surface area contributed by atoms with Crippen LogP contribution in [0.1, 0.15) is 36.8 Å². The normalized spacial score (nSPS) is 14.7. The van der Waals surface area contributed by atoms with Gasteiger partial charge >= 0.3 is 12.2 Å². The Balaban J connectivity index is 1.56. The van der Waals surface area contributed by atoms with Gasteiger partial charge in [0.05, 0.1) is 5.69 Å². The zero-order valence-electron chi connectivity index (χ0n) is 21.6. The fraction of sp³-hybridized carbons (Fsp3) is 0.241. The number of aryl methyl sites for hydroxylation is 1. The van der Waals surface area contributed by atoms with E-state index in [9.17, 15) is 18.0 Å². The Bertz CT molecular complexity index is 1500. The van der Waals surface area contributed by atoms with Gasteiger partial charge in [-0.2, -0.15) is 13.2 Å². The number of benzene rings is 3. The summed E-state index contributed by atoms with van der Waals surface area (Å²) in [6.45, 7) is 2.20. The second-order valence-corrected chi connectivity index (χ2v) is 9.37. The first kappa shape index (κ1) is 26.9. The van der Waals surface area contributed by atoms with Crippen molar-refractivity contribution in [2.45, 2.75) is 38.3 Å². The average molecular weight is 549 g/mol. The van der Waals surface area contributed by atoms with Crippen molar-refractivity contribution in [1.29, 1.82) is 0 Å². The molecule has 0 bridgehead atoms. The third-order valence-electron chi connectivity index (χ3n) is 6.66. The Hall–Kier alpha value is -4.67. The number of carbonyl (C=O) groups excluding carboxylic acids is 1. The Kier molecular flexibility index (Phi) is 7.81. The van der Waals surface area contributed by atoms with Crippen LogP contribution >= 0.6 is 0 Å². The molecule has 0 saturated heterocycles. The third-order valence-corrected chi connectivity index (χ3v) is 6.66. The molecule has 1 aliphatic rings. The number of rotatable bonds is 7. The summed E-state index contributed by atoms with van der Waals surface area (Å²) in [6, 6.07) is 17.9. The van der Waals surface area contributed by atoms with Crippen LogP contribution in [0.4, 0.5) is 29.3 Å². The van der Waals surface area contributed by atoms with Crippen molar-refractivity contribution in [3.8, 4) is 28.3 Å². The van der Waals surface area contributed by atoms with Crippen LogP contribution in [0.15, 0.2) is 72.8 Å². The second-order valence-electron chi connectivity index (χ2n) is 9.37. The zero-order valence-corrected chi connectivity index (χ0v) is 21.6. The van der Waals surface area contributed by atoms with Crippen LogP contribution in [0.3, 0.4) is 0 Å². The van der Waals surface area contributed by atoms with Gasteiger partial charge in [0.1, 0.15) is 12.4 Å². The molecule has 1 aliphatic heterocycles. The molecule has 1 aromatic heterocycles. The SMILES string of the molecule is CCc1ccc(NC(=O)Nc2cc(-c3ccccc3-c3nnn[nH]3)cc3c2OCC=C[C@H]3CCC(F)(F)F)cc1. The number of alkyl halides is 3. The van der Waals surface area contributed by atoms with Gasteiger partial charge in [0.2, 0.25) is 0 Å². The zero-order chi connectivity index (χ0) is 28.1. The topological polar surface area (TPSA) is 105 Å². The van der Waals surface area contributed by atoms with Crippen LogP contribution in [-0.2, 0) is 6.42 Å². The Labute approximate surface area is 228 Å². The summed E-state index contributed by atoms with van der Waals surface area (Å²) in [5.74, 6) is 0.178. The Morgan fingerprint density at radius 2 is 1.85 bits per heavy atom. The summed E-state index contributed by atoms with van der Waals surface area (Å²) in [6.07, 6.45) is -1.12. The number of anilines is 2. The highest BCUT2D eigenvalue weighted by Gasteiger charge is 2.30. The third kappa shape index (κ3) is 6.31. The number of carbonyl (C=O) groups is 1. The molecule has 0 unspecified atom stereocenters. The standard InChI is InChI=1S/C29H27F3N6O2/c1-2-18-9-11-21(12-10-18)33-28(39)34-25-17-20(22-7-3-4-8-23(22)27-35-37-38-36-27)16-24-19(13-14-29(30,31)32)6-5-15-40-26(24)25/h3-12,16-17,19H,2,13-15H2,1H3,(H2,33,34,39)(H,35,36,37,38)/t19-/m0/s1. The van der Waals surface area contributed by atoms with Crippen molar-refractivity contribution >= 4 is 17.4 Å². The van der Waals surface area contributed by atoms with E-state index in [1.54, 1.807) is 24.3 Å². The fourth-order valence-corrected chi connectivity index (χ4v) is 4.69. The van der Waals surface area contributed by atoms with Crippen LogP contribution < -0.4 is 15.4 Å². The molecule has 0 saturated carbocycles. The molecular formula is C29H27F3N6O2. The lowest BCUT2D eigenvalue weighted by Gasteiger charge is -2.21. The number of nitrogens with zero attached hydrogens (tertiary/aromatic N) is 3. The quantitative estimate of drug-likeness (QED) is 0.213. The van der Waals surface area contributed by atoms with Crippen LogP contribution in [-0.4, -0.2) is 39.4 Å². The molecule has 206 valence electrons. The first-order chi connectivity index (χ1) is 19.3. The van der Waals surface area contributed by atoms with Crippen molar-refractivity contribution in [3.05, 3.63) is 83.9 Å². The number of ether oxygens (including phenoxy) is 1. The number of nitrogens with one attached hydrogen (secondary N) is 3. The molecule has 0 aliphatic carbocycles. The van der Waals surface area contributed by atoms with Gasteiger partial charge in [-0.25, -0.2) is 9.89 Å². The van der Waals surface area contributed by atoms with E-state index in [1.165, 1.54) is 0 Å². The number of allylic oxidation sites excluding steroid dienone is 1. The van der Waals surface area contributed by atoms with E-state index in [2.05, 4.69) is 31.3 Å². The molecule has 0 spiro atoms. The molecule has 3 aromatic carbocycles. The van der Waals surface area contributed by atoms with Gasteiger partial charge in [-0.05, 0) is 64.2 Å². The number of hydrogen-bond donors (Lipinski definition) is 3. The van der Waals surface area contributed by atoms with Gasteiger partial charge in [-0.15, -0.1) is 5.10 Å². The summed E-state index contributed by atoms with van der Waals surface area (Å²) in [7, 11) is 0. The summed E-state index contributed by atoms with van der Waals surface area (Å²) in [4.78, 5) is 13.1. The van der Waals surface area contributed by atoms with E-state index in [1.807, 2.05) is 55.5 Å². The number of aromatic nitrogens is 4. The molecule has 2 amide bonds. The van der Waals surface area contributed by atoms with E-state index in [4.69, 9.17) is 4.74 Å². The van der Waals surface area contributed by atoms with E-state index < -0.39 is 24.5 Å². The van der Waals surface area contributed by atoms with Gasteiger partial charge < -0.3 is 15.4 Å². The highest BCUT2D eigenvalue weighted by atomic mass is 19.4. The lowest BCUT2D eigenvalue weighted by molar-refractivity contribution is -0.135. The number of tetrazole rings is 1. The molecule has 40 heavy (non-hydrogen) atoms. The summed E-state index contributed by atoms with van der Waals surface area (Å²) in [5.41, 5.74) is 4.69. The van der Waals surface area contributed by atoms with Gasteiger partial charge in [-0.1, -0.05) is 55.5 Å². The molecule has 2 heterocycles. The maximum Gasteiger partial charge on any atom is 0.389 e. The number of aromatic amines is 1. The minimum Gasteiger partial charge on any atom is -0.487 e. The maximum atomic E-state index is 13.2. The average Bonchev–Trinajstić information content (AvgIpc) is 3.40. The van der Waals surface area contributed by atoms with Gasteiger partial charge in [0.25, 0.3) is 0 Å². The van der Waals surface area contributed by atoms with E-state index in [0.717, 1.165) is 17.5 Å². The first-order valence-electron chi connectivity index (χ1n) is 12.9. The Morgan fingerprint density at radius 3 is 2.55 bits per heavy atom. The van der Waals surface area contributed by atoms with Crippen LogP contribution in [0.2, 0.25) is 0 Å². The van der Waals surface area contributed by atoms with Crippen LogP contribution in [0.5, 0.6) is 5.75 Å². The molecule has 0 radical (unpaired) electrons. The van der Waals surface area contributed by atoms with E-state index in [0.29, 0.717) is 39.6 Å². The minimum atomic E-state index is -4.31. The number of amides is 2. The molecule has 0 fully saturated rings. The van der Waals surface area contributed by atoms with Crippen molar-refractivity contribution in [2.24, 2.45) is 0 Å². The van der Waals surface area contributed by atoms with Crippen molar-refractivity contribution in [3.63, 3.8) is 0 Å². The number of hydrogen-bond acceptors (Lipinski definition) is 5. The Morgan fingerprint density at radius 1 is 1.07 bits per heavy atom. The van der Waals surface area contributed by atoms with Crippen molar-refractivity contribution in [1.82, 2.24) is 20.6 Å². The largest absolute Gasteiger partial charge is 0.487 e. The van der Waals surface area contributed by atoms with Crippen LogP contribution in [0.25, 0.3) is 22.5 Å². The highest BCUT2D eigenvalue weighted by Crippen LogP contribution is 2.44. The lowest BCUT2D eigenvalue weighted by atomic mass is 9.88. The molecule has 1 atom stereocenters. The molecule has 3 N–H and O–H groups in total. The highest BCUT2D eigenvalue weighted by molar-refractivity contribution is 6.01. The first-order valence-corrected chi connectivity index (χ1v) is 12.9.